The minimum absolute atomic E-state index is 0.0456. The van der Waals surface area contributed by atoms with E-state index in [4.69, 9.17) is 19.9 Å². The maximum Gasteiger partial charge on any atom is 0.410 e. The van der Waals surface area contributed by atoms with Crippen LogP contribution in [0, 0.1) is 29.6 Å². The van der Waals surface area contributed by atoms with Crippen LogP contribution in [0.25, 0.3) is 0 Å². The second-order valence-electron chi connectivity index (χ2n) is 26.2. The van der Waals surface area contributed by atoms with Crippen LogP contribution < -0.4 is 37.6 Å². The predicted molar refractivity (Wildman–Crippen MR) is 358 cm³/mol. The number of likely N-dealkylation sites (N-methyl/N-ethyl adjacent to an activating group) is 2. The summed E-state index contributed by atoms with van der Waals surface area (Å²) in [5.41, 5.74) is 7.30. The topological polar surface area (TPSA) is 347 Å². The maximum absolute atomic E-state index is 14.8. The zero-order chi connectivity index (χ0) is 71.0. The molecule has 1 fully saturated rings. The molecule has 13 atom stereocenters. The van der Waals surface area contributed by atoms with Crippen molar-refractivity contribution >= 4 is 70.9 Å². The van der Waals surface area contributed by atoms with Crippen LogP contribution >= 0.6 is 0 Å². The van der Waals surface area contributed by atoms with Gasteiger partial charge in [-0.1, -0.05) is 111 Å². The molecule has 0 aliphatic carbocycles. The van der Waals surface area contributed by atoms with Gasteiger partial charge in [-0.2, -0.15) is 0 Å². The van der Waals surface area contributed by atoms with Crippen LogP contribution in [0.5, 0.6) is 0 Å². The molecule has 0 unspecified atom stereocenters. The lowest BCUT2D eigenvalue weighted by Crippen LogP contribution is -2.60. The highest BCUT2D eigenvalue weighted by Crippen LogP contribution is 2.31. The molecule has 2 heterocycles. The summed E-state index contributed by atoms with van der Waals surface area (Å²) in [6.45, 7) is 20.1. The number of nitrogens with one attached hydrogen (secondary N) is 6. The van der Waals surface area contributed by atoms with Crippen LogP contribution in [0.3, 0.4) is 0 Å². The normalized spacial score (nSPS) is 17.7. The number of methoxy groups -OCH3 is 2. The molecule has 2 aliphatic heterocycles. The lowest BCUT2D eigenvalue weighted by atomic mass is 9.89. The van der Waals surface area contributed by atoms with E-state index in [-0.39, 0.29) is 62.5 Å². The van der Waals surface area contributed by atoms with E-state index in [9.17, 15) is 57.8 Å². The van der Waals surface area contributed by atoms with Crippen LogP contribution in [-0.2, 0) is 68.8 Å². The summed E-state index contributed by atoms with van der Waals surface area (Å²) in [4.78, 5) is 154. The molecule has 0 saturated carbocycles. The van der Waals surface area contributed by atoms with Crippen molar-refractivity contribution in [2.75, 3.05) is 53.3 Å². The van der Waals surface area contributed by atoms with E-state index in [1.165, 1.54) is 33.1 Å². The molecule has 4 rings (SSSR count). The van der Waals surface area contributed by atoms with Gasteiger partial charge in [-0.3, -0.25) is 57.7 Å². The van der Waals surface area contributed by atoms with Gasteiger partial charge in [0.25, 0.3) is 11.8 Å². The number of carbonyl (C=O) groups is 11. The zero-order valence-electron chi connectivity index (χ0n) is 58.3. The van der Waals surface area contributed by atoms with Crippen molar-refractivity contribution in [3.8, 4) is 0 Å². The predicted octanol–water partition coefficient (Wildman–Crippen LogP) is 4.48. The van der Waals surface area contributed by atoms with E-state index in [1.807, 2.05) is 45.9 Å². The fraction of sp³-hybridized carbons (Fsp3) is 0.638. The van der Waals surface area contributed by atoms with Gasteiger partial charge in [-0.05, 0) is 106 Å². The summed E-state index contributed by atoms with van der Waals surface area (Å²) in [5, 5.41) is 27.6. The van der Waals surface area contributed by atoms with Crippen molar-refractivity contribution in [2.24, 2.45) is 35.3 Å². The number of rotatable bonds is 38. The summed E-state index contributed by atoms with van der Waals surface area (Å²) >= 11 is 0. The lowest BCUT2D eigenvalue weighted by Gasteiger charge is -2.41. The Balaban J connectivity index is 1.37. The van der Waals surface area contributed by atoms with Gasteiger partial charge < -0.3 is 66.8 Å². The quantitative estimate of drug-likeness (QED) is 0.0339. The van der Waals surface area contributed by atoms with Gasteiger partial charge in [0.15, 0.2) is 0 Å². The van der Waals surface area contributed by atoms with Crippen molar-refractivity contribution in [3.05, 3.63) is 77.9 Å². The molecular formula is C69H107N11O15. The Morgan fingerprint density at radius 2 is 1.36 bits per heavy atom. The highest BCUT2D eigenvalue weighted by molar-refractivity contribution is 6.13. The number of nitrogens with zero attached hydrogens (tertiary/aromatic N) is 4. The van der Waals surface area contributed by atoms with Crippen LogP contribution in [0.1, 0.15) is 151 Å². The summed E-state index contributed by atoms with van der Waals surface area (Å²) < 4.78 is 17.8. The van der Waals surface area contributed by atoms with Gasteiger partial charge in [0, 0.05) is 65.7 Å². The lowest BCUT2D eigenvalue weighted by molar-refractivity contribution is -0.148. The van der Waals surface area contributed by atoms with Crippen LogP contribution in [-0.4, -0.2) is 198 Å². The molecule has 26 heteroatoms. The number of anilines is 1. The van der Waals surface area contributed by atoms with Gasteiger partial charge in [0.05, 0.1) is 48.8 Å². The maximum atomic E-state index is 14.8. The number of benzene rings is 2. The molecule has 0 spiro atoms. The van der Waals surface area contributed by atoms with E-state index < -0.39 is 138 Å². The first-order valence-electron chi connectivity index (χ1n) is 33.3. The number of amides is 11. The first kappa shape index (κ1) is 79.6. The molecule has 2 aromatic carbocycles. The number of hydrogen-bond donors (Lipinski definition) is 8. The zero-order valence-corrected chi connectivity index (χ0v) is 58.3. The third-order valence-electron chi connectivity index (χ3n) is 17.8. The van der Waals surface area contributed by atoms with Crippen molar-refractivity contribution in [3.63, 3.8) is 0 Å². The number of imide groups is 1. The summed E-state index contributed by atoms with van der Waals surface area (Å²) in [6.07, 6.45) is 2.07. The SMILES string of the molecule is CC[C@H](C)[C@@H]([C@@H](CC(=O)N1CCC[C@H]1[C@H](OC)[C@@H](C)C(=O)N[C@H](C)[C@@H](O)c1ccccc1)OC)N(C)C(=O)[C@@H](NC(=O)[C@H](C(C)C)N(C)C(=O)OCc1ccc(NC(=O)[C@H](CCCCN)NC(=O)[C@H](C)NC(=O)[C@@H](CC(C)C)NC(=O)CCN2C(=O)C=CC2=O)cc1)C(C)C. The number of hydrogen-bond acceptors (Lipinski definition) is 16. The third kappa shape index (κ3) is 23.2. The monoisotopic (exact) mass is 1330 g/mol. The number of aliphatic hydroxyl groups excluding tert-OH is 1. The van der Waals surface area contributed by atoms with Crippen molar-refractivity contribution in [2.45, 2.75) is 207 Å². The molecule has 0 bridgehead atoms. The van der Waals surface area contributed by atoms with Crippen LogP contribution in [0.4, 0.5) is 10.5 Å². The molecule has 9 N–H and O–H groups in total. The third-order valence-corrected chi connectivity index (χ3v) is 17.8. The minimum atomic E-state index is -1.14. The second-order valence-corrected chi connectivity index (χ2v) is 26.2. The Bertz CT molecular complexity index is 2910. The van der Waals surface area contributed by atoms with E-state index in [1.54, 1.807) is 94.8 Å². The van der Waals surface area contributed by atoms with Crippen LogP contribution in [0.2, 0.25) is 0 Å². The summed E-state index contributed by atoms with van der Waals surface area (Å²) in [5.74, 6) is -6.84. The fourth-order valence-corrected chi connectivity index (χ4v) is 12.1. The average Bonchev–Trinajstić information content (AvgIpc) is 1.10. The molecule has 0 radical (unpaired) electrons. The molecule has 11 amide bonds. The van der Waals surface area contributed by atoms with Crippen molar-refractivity contribution < 1.29 is 72.1 Å². The van der Waals surface area contributed by atoms with Gasteiger partial charge in [0.1, 0.15) is 36.8 Å². The number of unbranched alkanes of at least 4 members (excludes halogenated alkanes) is 1. The van der Waals surface area contributed by atoms with Gasteiger partial charge >= 0.3 is 6.09 Å². The molecule has 2 aliphatic rings. The average molecular weight is 1330 g/mol. The highest BCUT2D eigenvalue weighted by atomic mass is 16.6. The molecule has 26 nitrogen and oxygen atoms in total. The first-order valence-corrected chi connectivity index (χ1v) is 33.3. The fourth-order valence-electron chi connectivity index (χ4n) is 12.1. The molecule has 95 heavy (non-hydrogen) atoms. The van der Waals surface area contributed by atoms with Crippen molar-refractivity contribution in [1.82, 2.24) is 46.2 Å². The minimum Gasteiger partial charge on any atom is -0.445 e. The number of carbonyl (C=O) groups excluding carboxylic acids is 11. The van der Waals surface area contributed by atoms with E-state index in [0.717, 1.165) is 17.1 Å². The van der Waals surface area contributed by atoms with E-state index in [2.05, 4.69) is 31.9 Å². The number of aliphatic hydroxyl groups is 1. The largest absolute Gasteiger partial charge is 0.445 e. The van der Waals surface area contributed by atoms with Crippen LogP contribution in [0.15, 0.2) is 66.7 Å². The van der Waals surface area contributed by atoms with Gasteiger partial charge in [-0.15, -0.1) is 0 Å². The van der Waals surface area contributed by atoms with E-state index >= 15 is 0 Å². The number of ether oxygens (including phenoxy) is 3. The van der Waals surface area contributed by atoms with Gasteiger partial charge in [0.2, 0.25) is 47.3 Å². The number of nitrogens with two attached hydrogens (primary N) is 1. The Morgan fingerprint density at radius 1 is 0.716 bits per heavy atom. The highest BCUT2D eigenvalue weighted by Gasteiger charge is 2.44. The molecule has 528 valence electrons. The Morgan fingerprint density at radius 3 is 1.93 bits per heavy atom. The molecular weight excluding hydrogens is 1220 g/mol. The smallest absolute Gasteiger partial charge is 0.410 e. The van der Waals surface area contributed by atoms with Crippen molar-refractivity contribution in [1.29, 1.82) is 0 Å². The Labute approximate surface area is 560 Å². The van der Waals surface area contributed by atoms with E-state index in [0.29, 0.717) is 62.0 Å². The Hall–Kier alpha value is -7.81. The standard InChI is InChI=1S/C69H107N11O15/c1-16-43(8)60(53(93-14)38-57(84)79-35-22-26-52(79)62(94-15)44(9)63(86)71-45(10)61(85)48-23-18-17-19-24-48)77(12)68(91)58(41(4)5)76-67(90)59(42(6)7)78(13)69(92)95-39-47-27-29-49(30-28-47)73-65(88)50(25-20-21-34-70)75-64(87)46(11)72-66(89)51(37-40(2)3)74-54(81)33-36-80-55(82)31-32-56(80)83/h17-19,23-24,27-32,40-46,50-53,58-62,85H,16,20-22,25-26,33-39,70H2,1-15H3,(H,71,86)(H,72,89)(H,73,88)(H,74,81)(H,75,87)(H,76,90)/t43-,44+,45+,46-,50-,51+,52-,53+,58-,59-,60-,61+,62+/m0/s1. The molecule has 2 aromatic rings. The number of likely N-dealkylation sites (tertiary alicyclic amines) is 1. The summed E-state index contributed by atoms with van der Waals surface area (Å²) in [7, 11) is 6.09. The molecule has 1 saturated heterocycles. The summed E-state index contributed by atoms with van der Waals surface area (Å²) in [6, 6.07) is 8.46. The first-order chi connectivity index (χ1) is 44.9. The molecule has 0 aromatic heterocycles. The Kier molecular flexibility index (Phi) is 32.4. The second kappa shape index (κ2) is 38.7. The van der Waals surface area contributed by atoms with Gasteiger partial charge in [-0.25, -0.2) is 4.79 Å².